The molecule has 0 aliphatic heterocycles. The normalized spacial score (nSPS) is 13.1. The first-order valence-corrected chi connectivity index (χ1v) is 10.6. The summed E-state index contributed by atoms with van der Waals surface area (Å²) in [6.45, 7) is 0.313. The summed E-state index contributed by atoms with van der Waals surface area (Å²) in [4.78, 5) is 13.2. The zero-order valence-electron chi connectivity index (χ0n) is 14.6. The summed E-state index contributed by atoms with van der Waals surface area (Å²) in [5.41, 5.74) is 12.1. The molecule has 1 atom stereocenters. The number of quaternary nitrogens is 1. The van der Waals surface area contributed by atoms with Crippen LogP contribution in [0, 0.1) is 0 Å². The van der Waals surface area contributed by atoms with Gasteiger partial charge in [0.25, 0.3) is 5.91 Å². The van der Waals surface area contributed by atoms with Crippen LogP contribution < -0.4 is 22.6 Å². The Bertz CT molecular complexity index is 834. The topological polar surface area (TPSA) is 112 Å². The monoisotopic (exact) mass is 540 g/mol. The standard InChI is InChI=1S/C17H20Cl2IN5OS/c1-25(23)14(16(20)22)12-7-13(27-15(12)19)17(26)24-11(8-21)6-9-2-4-10(18)5-3-9/h2-5,7,11H,6,8,21-23H2,1H3,(H,24,26)/p+1. The maximum atomic E-state index is 12.7. The van der Waals surface area contributed by atoms with E-state index in [1.54, 1.807) is 13.1 Å². The average Bonchev–Trinajstić information content (AvgIpc) is 2.97. The first kappa shape index (κ1) is 22.4. The van der Waals surface area contributed by atoms with Gasteiger partial charge in [-0.25, -0.2) is 5.84 Å². The SMILES string of the molecule is CN(N)C(=C([NH3+])I)c1cc(C(=O)NC(CN)Cc2ccc(Cl)cc2)sc1Cl. The van der Waals surface area contributed by atoms with Gasteiger partial charge in [0, 0.05) is 52.8 Å². The number of nitrogens with two attached hydrogens (primary N) is 2. The molecule has 0 saturated heterocycles. The minimum absolute atomic E-state index is 0.205. The Morgan fingerprint density at radius 3 is 2.52 bits per heavy atom. The highest BCUT2D eigenvalue weighted by Crippen LogP contribution is 2.34. The predicted molar refractivity (Wildman–Crippen MR) is 121 cm³/mol. The Hall–Kier alpha value is -0.880. The van der Waals surface area contributed by atoms with E-state index in [1.807, 2.05) is 24.3 Å². The molecule has 0 aliphatic carbocycles. The van der Waals surface area contributed by atoms with Crippen LogP contribution in [0.25, 0.3) is 5.70 Å². The number of halogens is 3. The largest absolute Gasteiger partial charge is 0.347 e. The molecule has 0 fully saturated rings. The molecule has 1 aromatic heterocycles. The third kappa shape index (κ3) is 6.05. The van der Waals surface area contributed by atoms with Gasteiger partial charge in [0.05, 0.1) is 4.88 Å². The maximum absolute atomic E-state index is 12.7. The van der Waals surface area contributed by atoms with Crippen LogP contribution >= 0.6 is 57.1 Å². The number of rotatable bonds is 7. The zero-order chi connectivity index (χ0) is 20.1. The molecule has 8 N–H and O–H groups in total. The summed E-state index contributed by atoms with van der Waals surface area (Å²) in [5, 5.41) is 5.07. The van der Waals surface area contributed by atoms with E-state index in [-0.39, 0.29) is 11.9 Å². The summed E-state index contributed by atoms with van der Waals surface area (Å²) in [6, 6.07) is 8.98. The summed E-state index contributed by atoms with van der Waals surface area (Å²) in [6.07, 6.45) is 0.610. The van der Waals surface area contributed by atoms with E-state index < -0.39 is 0 Å². The number of hydrogen-bond donors (Lipinski definition) is 4. The Kier molecular flexibility index (Phi) is 8.35. The number of nitrogens with one attached hydrogen (secondary N) is 1. The second kappa shape index (κ2) is 10.1. The molecular formula is C17H21Cl2IN5OS+. The Morgan fingerprint density at radius 1 is 1.37 bits per heavy atom. The fourth-order valence-corrected chi connectivity index (χ4v) is 4.50. The second-order valence-electron chi connectivity index (χ2n) is 5.90. The number of amides is 1. The number of thiophene rings is 1. The molecule has 1 unspecified atom stereocenters. The van der Waals surface area contributed by atoms with Crippen LogP contribution in [0.1, 0.15) is 20.8 Å². The fraction of sp³-hybridized carbons (Fsp3) is 0.235. The van der Waals surface area contributed by atoms with Gasteiger partial charge in [0.1, 0.15) is 10.0 Å². The van der Waals surface area contributed by atoms with E-state index in [9.17, 15) is 4.79 Å². The van der Waals surface area contributed by atoms with Crippen molar-refractivity contribution in [2.24, 2.45) is 11.6 Å². The van der Waals surface area contributed by atoms with Gasteiger partial charge in [0.15, 0.2) is 3.70 Å². The Morgan fingerprint density at radius 2 is 2.00 bits per heavy atom. The van der Waals surface area contributed by atoms with Gasteiger partial charge in [-0.1, -0.05) is 35.3 Å². The average molecular weight is 541 g/mol. The smallest absolute Gasteiger partial charge is 0.261 e. The van der Waals surface area contributed by atoms with Gasteiger partial charge >= 0.3 is 0 Å². The van der Waals surface area contributed by atoms with E-state index >= 15 is 0 Å². The summed E-state index contributed by atoms with van der Waals surface area (Å²) >= 11 is 15.5. The number of nitrogens with zero attached hydrogens (tertiary/aromatic N) is 1. The molecule has 0 saturated carbocycles. The molecule has 0 spiro atoms. The highest BCUT2D eigenvalue weighted by atomic mass is 127. The number of carbonyl (C=O) groups excluding carboxylic acids is 1. The van der Waals surface area contributed by atoms with Crippen molar-refractivity contribution in [2.75, 3.05) is 13.6 Å². The van der Waals surface area contributed by atoms with E-state index in [0.29, 0.717) is 38.5 Å². The van der Waals surface area contributed by atoms with Crippen molar-refractivity contribution in [1.82, 2.24) is 10.3 Å². The van der Waals surface area contributed by atoms with Crippen LogP contribution in [0.5, 0.6) is 0 Å². The first-order chi connectivity index (χ1) is 12.7. The van der Waals surface area contributed by atoms with Crippen LogP contribution in [0.15, 0.2) is 34.0 Å². The summed E-state index contributed by atoms with van der Waals surface area (Å²) < 4.78 is 1.21. The lowest BCUT2D eigenvalue weighted by atomic mass is 10.1. The number of hydrazine groups is 1. The molecule has 27 heavy (non-hydrogen) atoms. The number of carbonyl (C=O) groups is 1. The molecule has 1 heterocycles. The van der Waals surface area contributed by atoms with Crippen molar-refractivity contribution in [3.8, 4) is 0 Å². The molecule has 0 aliphatic rings. The molecule has 0 bridgehead atoms. The van der Waals surface area contributed by atoms with Gasteiger partial charge in [-0.3, -0.25) is 4.79 Å². The molecule has 0 radical (unpaired) electrons. The highest BCUT2D eigenvalue weighted by Gasteiger charge is 2.22. The minimum Gasteiger partial charge on any atom is -0.347 e. The van der Waals surface area contributed by atoms with Crippen LogP contribution in [-0.4, -0.2) is 30.6 Å². The summed E-state index contributed by atoms with van der Waals surface area (Å²) in [7, 11) is 1.70. The van der Waals surface area contributed by atoms with Crippen molar-refractivity contribution < 1.29 is 10.5 Å². The molecule has 2 rings (SSSR count). The second-order valence-corrected chi connectivity index (χ2v) is 9.29. The zero-order valence-corrected chi connectivity index (χ0v) is 19.1. The van der Waals surface area contributed by atoms with Crippen molar-refractivity contribution in [3.05, 3.63) is 59.4 Å². The van der Waals surface area contributed by atoms with Gasteiger partial charge in [-0.2, -0.15) is 0 Å². The van der Waals surface area contributed by atoms with Gasteiger partial charge in [0.2, 0.25) is 0 Å². The molecule has 6 nitrogen and oxygen atoms in total. The molecule has 10 heteroatoms. The van der Waals surface area contributed by atoms with Gasteiger partial charge in [-0.15, -0.1) is 11.3 Å². The predicted octanol–water partition coefficient (Wildman–Crippen LogP) is 2.46. The van der Waals surface area contributed by atoms with Crippen LogP contribution in [0.3, 0.4) is 0 Å². The first-order valence-electron chi connectivity index (χ1n) is 7.98. The van der Waals surface area contributed by atoms with Crippen LogP contribution in [0.2, 0.25) is 9.36 Å². The van der Waals surface area contributed by atoms with Crippen molar-refractivity contribution in [1.29, 1.82) is 0 Å². The Labute approximate surface area is 185 Å². The molecular weight excluding hydrogens is 520 g/mol. The van der Waals surface area contributed by atoms with E-state index in [2.05, 4.69) is 33.6 Å². The summed E-state index contributed by atoms with van der Waals surface area (Å²) in [5.74, 6) is 5.65. The minimum atomic E-state index is -0.226. The van der Waals surface area contributed by atoms with E-state index in [0.717, 1.165) is 9.27 Å². The maximum Gasteiger partial charge on any atom is 0.261 e. The van der Waals surface area contributed by atoms with Gasteiger partial charge in [-0.05, 0) is 30.2 Å². The van der Waals surface area contributed by atoms with Crippen LogP contribution in [-0.2, 0) is 6.42 Å². The lowest BCUT2D eigenvalue weighted by molar-refractivity contribution is -0.279. The third-order valence-corrected chi connectivity index (χ3v) is 5.91. The van der Waals surface area contributed by atoms with Crippen molar-refractivity contribution >= 4 is 68.7 Å². The molecule has 2 aromatic rings. The third-order valence-electron chi connectivity index (χ3n) is 3.79. The lowest BCUT2D eigenvalue weighted by Gasteiger charge is -2.16. The fourth-order valence-electron chi connectivity index (χ4n) is 2.52. The molecule has 146 valence electrons. The van der Waals surface area contributed by atoms with E-state index in [1.165, 1.54) is 16.3 Å². The number of benzene rings is 1. The van der Waals surface area contributed by atoms with Crippen molar-refractivity contribution in [2.45, 2.75) is 12.5 Å². The molecule has 1 aromatic carbocycles. The van der Waals surface area contributed by atoms with E-state index in [4.69, 9.17) is 34.8 Å². The lowest BCUT2D eigenvalue weighted by Crippen LogP contribution is -2.47. The van der Waals surface area contributed by atoms with Crippen molar-refractivity contribution in [3.63, 3.8) is 0 Å². The highest BCUT2D eigenvalue weighted by molar-refractivity contribution is 14.1. The van der Waals surface area contributed by atoms with Crippen LogP contribution in [0.4, 0.5) is 0 Å². The molecule has 1 amide bonds. The van der Waals surface area contributed by atoms with Gasteiger partial charge < -0.3 is 21.8 Å². The quantitative estimate of drug-likeness (QED) is 0.187. The number of hydrogen-bond acceptors (Lipinski definition) is 5. The Balaban J connectivity index is 2.16.